The molecule has 0 fully saturated rings. The smallest absolute Gasteiger partial charge is 0.234 e. The highest BCUT2D eigenvalue weighted by molar-refractivity contribution is 5.11. The van der Waals surface area contributed by atoms with E-state index in [2.05, 4.69) is 0 Å². The second-order valence-corrected chi connectivity index (χ2v) is 9.29. The molecule has 0 aliphatic heterocycles. The summed E-state index contributed by atoms with van der Waals surface area (Å²) in [5.74, 6) is -43.9. The lowest BCUT2D eigenvalue weighted by Gasteiger charge is -2.40. The molecule has 16 heteroatoms. The quantitative estimate of drug-likeness (QED) is 0.118. The first-order chi connectivity index (χ1) is 16.3. The molecule has 0 aliphatic rings. The number of alkyl halides is 16. The fourth-order valence-corrected chi connectivity index (χ4v) is 3.29. The Morgan fingerprint density at radius 1 is 0.459 bits per heavy atom. The third-order valence-electron chi connectivity index (χ3n) is 5.71. The van der Waals surface area contributed by atoms with Crippen LogP contribution in [-0.4, -0.2) is 47.9 Å². The van der Waals surface area contributed by atoms with Crippen LogP contribution in [0.25, 0.3) is 0 Å². The second kappa shape index (κ2) is 12.4. The van der Waals surface area contributed by atoms with Crippen molar-refractivity contribution in [2.24, 2.45) is 5.92 Å². The molecule has 0 saturated heterocycles. The maximum atomic E-state index is 13.8. The van der Waals surface area contributed by atoms with Gasteiger partial charge in [-0.2, -0.15) is 65.9 Å². The van der Waals surface area contributed by atoms with Gasteiger partial charge in [0, 0.05) is 6.42 Å². The van der Waals surface area contributed by atoms with Crippen molar-refractivity contribution in [2.75, 3.05) is 0 Å². The number of halogens is 16. The van der Waals surface area contributed by atoms with E-state index in [9.17, 15) is 70.2 Å². The van der Waals surface area contributed by atoms with Gasteiger partial charge in [-0.1, -0.05) is 65.2 Å². The van der Waals surface area contributed by atoms with Crippen molar-refractivity contribution >= 4 is 0 Å². The molecule has 37 heavy (non-hydrogen) atoms. The van der Waals surface area contributed by atoms with Gasteiger partial charge in [0.2, 0.25) is 6.17 Å². The van der Waals surface area contributed by atoms with Crippen LogP contribution in [0.15, 0.2) is 0 Å². The van der Waals surface area contributed by atoms with Gasteiger partial charge in [-0.15, -0.1) is 0 Å². The van der Waals surface area contributed by atoms with Gasteiger partial charge in [0.1, 0.15) is 0 Å². The summed E-state index contributed by atoms with van der Waals surface area (Å²) in [5.41, 5.74) is 0. The molecule has 1 atom stereocenters. The van der Waals surface area contributed by atoms with Crippen molar-refractivity contribution in [1.29, 1.82) is 0 Å². The van der Waals surface area contributed by atoms with Crippen LogP contribution in [0.4, 0.5) is 70.2 Å². The molecule has 224 valence electrons. The van der Waals surface area contributed by atoms with Crippen molar-refractivity contribution in [3.05, 3.63) is 0 Å². The van der Waals surface area contributed by atoms with Gasteiger partial charge in [-0.25, -0.2) is 4.39 Å². The van der Waals surface area contributed by atoms with Gasteiger partial charge >= 0.3 is 41.7 Å². The molecule has 0 spiro atoms. The zero-order valence-electron chi connectivity index (χ0n) is 19.8. The zero-order chi connectivity index (χ0) is 29.7. The lowest BCUT2D eigenvalue weighted by Crippen LogP contribution is -2.70. The number of hydrogen-bond donors (Lipinski definition) is 0. The maximum absolute atomic E-state index is 13.8. The summed E-state index contributed by atoms with van der Waals surface area (Å²) in [6.07, 6.45) is -12.6. The van der Waals surface area contributed by atoms with Crippen LogP contribution in [0, 0.1) is 5.92 Å². The Morgan fingerprint density at radius 2 is 0.811 bits per heavy atom. The molecule has 0 saturated carbocycles. The molecular formula is C21H28F16. The predicted molar refractivity (Wildman–Crippen MR) is 102 cm³/mol. The van der Waals surface area contributed by atoms with Crippen LogP contribution in [-0.2, 0) is 0 Å². The molecule has 1 unspecified atom stereocenters. The summed E-state index contributed by atoms with van der Waals surface area (Å²) in [6, 6.07) is 0. The molecule has 0 radical (unpaired) electrons. The Morgan fingerprint density at radius 3 is 1.19 bits per heavy atom. The third kappa shape index (κ3) is 7.72. The highest BCUT2D eigenvalue weighted by Crippen LogP contribution is 2.59. The SMILES string of the molecule is CC(C)CCCCCCCCCCC(F)(F)C(F)(F)C(F)(F)C(F)C(F)(F)C(F)(F)C(F)(F)C(F)(F)F. The average Bonchev–Trinajstić information content (AvgIpc) is 2.72. The second-order valence-electron chi connectivity index (χ2n) is 9.29. The topological polar surface area (TPSA) is 0 Å². The summed E-state index contributed by atoms with van der Waals surface area (Å²) >= 11 is 0. The van der Waals surface area contributed by atoms with Gasteiger partial charge in [0.15, 0.2) is 0 Å². The van der Waals surface area contributed by atoms with Crippen LogP contribution in [0.1, 0.15) is 78.1 Å². The number of hydrogen-bond acceptors (Lipinski definition) is 0. The van der Waals surface area contributed by atoms with Crippen LogP contribution in [0.5, 0.6) is 0 Å². The molecule has 0 N–H and O–H groups in total. The van der Waals surface area contributed by atoms with E-state index in [0.29, 0.717) is 18.8 Å². The van der Waals surface area contributed by atoms with Gasteiger partial charge in [0.25, 0.3) is 0 Å². The van der Waals surface area contributed by atoms with Gasteiger partial charge in [0.05, 0.1) is 0 Å². The van der Waals surface area contributed by atoms with Crippen LogP contribution in [0.2, 0.25) is 0 Å². The highest BCUT2D eigenvalue weighted by Gasteiger charge is 2.88. The molecule has 0 aliphatic carbocycles. The summed E-state index contributed by atoms with van der Waals surface area (Å²) in [6.45, 7) is 4.05. The molecule has 0 bridgehead atoms. The molecule has 0 heterocycles. The Balaban J connectivity index is 5.27. The van der Waals surface area contributed by atoms with Crippen LogP contribution < -0.4 is 0 Å². The van der Waals surface area contributed by atoms with E-state index in [1.807, 2.05) is 13.8 Å². The maximum Gasteiger partial charge on any atom is 0.460 e. The summed E-state index contributed by atoms with van der Waals surface area (Å²) in [7, 11) is 0. The first kappa shape index (κ1) is 35.9. The van der Waals surface area contributed by atoms with E-state index in [0.717, 1.165) is 25.7 Å². The minimum Gasteiger partial charge on any atom is -0.234 e. The van der Waals surface area contributed by atoms with Crippen molar-refractivity contribution in [3.8, 4) is 0 Å². The summed E-state index contributed by atoms with van der Waals surface area (Å²) in [5, 5.41) is 0. The van der Waals surface area contributed by atoms with E-state index in [1.165, 1.54) is 0 Å². The third-order valence-corrected chi connectivity index (χ3v) is 5.71. The van der Waals surface area contributed by atoms with E-state index in [-0.39, 0.29) is 12.8 Å². The number of rotatable bonds is 17. The summed E-state index contributed by atoms with van der Waals surface area (Å²) < 4.78 is 211. The lowest BCUT2D eigenvalue weighted by molar-refractivity contribution is -0.421. The first-order valence-electron chi connectivity index (χ1n) is 11.3. The van der Waals surface area contributed by atoms with Gasteiger partial charge < -0.3 is 0 Å². The monoisotopic (exact) mass is 584 g/mol. The molecule has 0 amide bonds. The largest absolute Gasteiger partial charge is 0.460 e. The van der Waals surface area contributed by atoms with Crippen molar-refractivity contribution in [2.45, 2.75) is 126 Å². The average molecular weight is 584 g/mol. The molecule has 0 aromatic carbocycles. The molecule has 0 nitrogen and oxygen atoms in total. The Labute approximate surface area is 203 Å². The predicted octanol–water partition coefficient (Wildman–Crippen LogP) is 10.3. The minimum atomic E-state index is -8.04. The van der Waals surface area contributed by atoms with Gasteiger partial charge in [-0.3, -0.25) is 0 Å². The van der Waals surface area contributed by atoms with Crippen molar-refractivity contribution in [1.82, 2.24) is 0 Å². The Hall–Kier alpha value is -1.12. The van der Waals surface area contributed by atoms with E-state index in [4.69, 9.17) is 0 Å². The van der Waals surface area contributed by atoms with Crippen molar-refractivity contribution < 1.29 is 70.2 Å². The molecule has 0 rings (SSSR count). The minimum absolute atomic E-state index is 0.171. The molecular weight excluding hydrogens is 556 g/mol. The molecule has 0 aromatic rings. The molecule has 0 aromatic heterocycles. The lowest BCUT2D eigenvalue weighted by atomic mass is 9.89. The summed E-state index contributed by atoms with van der Waals surface area (Å²) in [4.78, 5) is 0. The zero-order valence-corrected chi connectivity index (χ0v) is 19.8. The van der Waals surface area contributed by atoms with Crippen molar-refractivity contribution in [3.63, 3.8) is 0 Å². The van der Waals surface area contributed by atoms with Crippen LogP contribution in [0.3, 0.4) is 0 Å². The first-order valence-corrected chi connectivity index (χ1v) is 11.3. The standard InChI is InChI=1S/C21H28F16/c1-13(2)11-9-7-5-3-4-6-8-10-12-15(23,24)18(29,30)16(25,26)14(22)17(27,28)19(31,32)20(33,34)21(35,36)37/h13-14H,3-12H2,1-2H3. The van der Waals surface area contributed by atoms with Crippen LogP contribution >= 0.6 is 0 Å². The number of unbranched alkanes of at least 4 members (excludes halogenated alkanes) is 7. The fraction of sp³-hybridized carbons (Fsp3) is 1.00. The van der Waals surface area contributed by atoms with E-state index >= 15 is 0 Å². The fourth-order valence-electron chi connectivity index (χ4n) is 3.29. The normalized spacial score (nSPS) is 16.0. The highest BCUT2D eigenvalue weighted by atomic mass is 19.4. The van der Waals surface area contributed by atoms with Gasteiger partial charge in [-0.05, 0) is 12.3 Å². The van der Waals surface area contributed by atoms with E-state index in [1.54, 1.807) is 0 Å². The van der Waals surface area contributed by atoms with E-state index < -0.39 is 60.7 Å². The Bertz CT molecular complexity index is 681. The Kier molecular flexibility index (Phi) is 12.0.